The van der Waals surface area contributed by atoms with Gasteiger partial charge >= 0.3 is 0 Å². The van der Waals surface area contributed by atoms with Crippen LogP contribution < -0.4 is 0 Å². The minimum absolute atomic E-state index is 0.0226. The van der Waals surface area contributed by atoms with Crippen LogP contribution >= 0.6 is 0 Å². The summed E-state index contributed by atoms with van der Waals surface area (Å²) in [5.74, 6) is 2.93. The lowest BCUT2D eigenvalue weighted by Crippen LogP contribution is -2.55. The Bertz CT molecular complexity index is 689. The van der Waals surface area contributed by atoms with E-state index in [2.05, 4.69) is 26.8 Å². The van der Waals surface area contributed by atoms with Crippen LogP contribution in [0.4, 0.5) is 0 Å². The summed E-state index contributed by atoms with van der Waals surface area (Å²) in [7, 11) is 0. The van der Waals surface area contributed by atoms with Crippen LogP contribution in [0.15, 0.2) is 11.6 Å². The monoisotopic (exact) mass is 402 g/mol. The number of carbonyl (C=O) groups excluding carboxylic acids is 1. The van der Waals surface area contributed by atoms with Crippen LogP contribution in [0, 0.1) is 40.4 Å². The number of hydrogen-bond acceptors (Lipinski definition) is 3. The van der Waals surface area contributed by atoms with Crippen LogP contribution in [-0.2, 0) is 4.79 Å². The molecule has 4 aliphatic rings. The molecule has 0 aliphatic heterocycles. The summed E-state index contributed by atoms with van der Waals surface area (Å²) in [5, 5.41) is 20.4. The molecule has 0 radical (unpaired) electrons. The third kappa shape index (κ3) is 3.55. The van der Waals surface area contributed by atoms with Crippen molar-refractivity contribution < 1.29 is 15.0 Å². The fourth-order valence-corrected chi connectivity index (χ4v) is 8.23. The predicted octanol–water partition coefficient (Wildman–Crippen LogP) is 5.29. The summed E-state index contributed by atoms with van der Waals surface area (Å²) >= 11 is 0. The molecule has 2 N–H and O–H groups in total. The van der Waals surface area contributed by atoms with Crippen molar-refractivity contribution in [3.8, 4) is 0 Å². The SMILES string of the molecule is C[C@H](CCC(C)(C)O)[C@H]1CC[C@H]2[C@@H]3CC=C4C[C@@H](O)CC[C@]4(C)[C@H]3C(=O)C[C@]12C. The lowest BCUT2D eigenvalue weighted by Gasteiger charge is -2.57. The number of rotatable bonds is 4. The quantitative estimate of drug-likeness (QED) is 0.628. The Hall–Kier alpha value is -0.670. The van der Waals surface area contributed by atoms with Crippen LogP contribution in [0.1, 0.15) is 92.4 Å². The molecule has 8 atom stereocenters. The number of allylic oxidation sites excluding steroid dienone is 1. The van der Waals surface area contributed by atoms with Gasteiger partial charge in [0.1, 0.15) is 5.78 Å². The van der Waals surface area contributed by atoms with Crippen LogP contribution in [0.5, 0.6) is 0 Å². The van der Waals surface area contributed by atoms with Gasteiger partial charge in [0.15, 0.2) is 0 Å². The first-order valence-corrected chi connectivity index (χ1v) is 12.1. The zero-order valence-electron chi connectivity index (χ0n) is 19.2. The molecule has 3 fully saturated rings. The Kier molecular flexibility index (Phi) is 5.35. The van der Waals surface area contributed by atoms with Crippen molar-refractivity contribution in [3.05, 3.63) is 11.6 Å². The second kappa shape index (κ2) is 7.19. The van der Waals surface area contributed by atoms with Gasteiger partial charge in [0.2, 0.25) is 0 Å². The fraction of sp³-hybridized carbons (Fsp3) is 0.885. The highest BCUT2D eigenvalue weighted by molar-refractivity contribution is 5.85. The molecule has 3 nitrogen and oxygen atoms in total. The van der Waals surface area contributed by atoms with Gasteiger partial charge in [-0.15, -0.1) is 0 Å². The molecule has 0 aromatic rings. The Morgan fingerprint density at radius 1 is 1.24 bits per heavy atom. The van der Waals surface area contributed by atoms with Crippen molar-refractivity contribution in [2.75, 3.05) is 0 Å². The van der Waals surface area contributed by atoms with E-state index in [1.54, 1.807) is 0 Å². The number of fused-ring (bicyclic) bond motifs is 5. The molecule has 0 amide bonds. The molecule has 4 rings (SSSR count). The van der Waals surface area contributed by atoms with Crippen molar-refractivity contribution in [1.29, 1.82) is 0 Å². The van der Waals surface area contributed by atoms with Gasteiger partial charge in [0.25, 0.3) is 0 Å². The summed E-state index contributed by atoms with van der Waals surface area (Å²) in [5.41, 5.74) is 0.853. The molecule has 4 aliphatic carbocycles. The van der Waals surface area contributed by atoms with Gasteiger partial charge in [0, 0.05) is 12.3 Å². The summed E-state index contributed by atoms with van der Waals surface area (Å²) < 4.78 is 0. The second-order valence-electron chi connectivity index (χ2n) is 12.2. The molecule has 0 saturated heterocycles. The molecule has 0 heterocycles. The van der Waals surface area contributed by atoms with Gasteiger partial charge in [-0.2, -0.15) is 0 Å². The van der Waals surface area contributed by atoms with Crippen molar-refractivity contribution >= 4 is 5.78 Å². The zero-order valence-corrected chi connectivity index (χ0v) is 19.2. The van der Waals surface area contributed by atoms with Crippen molar-refractivity contribution in [1.82, 2.24) is 0 Å². The molecule has 0 aromatic heterocycles. The van der Waals surface area contributed by atoms with Crippen molar-refractivity contribution in [2.24, 2.45) is 40.4 Å². The zero-order chi connectivity index (χ0) is 21.2. The molecule has 0 bridgehead atoms. The Labute approximate surface area is 177 Å². The van der Waals surface area contributed by atoms with Crippen LogP contribution in [0.25, 0.3) is 0 Å². The standard InChI is InChI=1S/C26H42O3/c1-16(10-12-24(2,3)29)20-8-9-21-19-7-6-17-14-18(27)11-13-25(17,4)23(19)22(28)15-26(20,21)5/h6,16,18-21,23,27,29H,7-15H2,1-5H3/t16-,18+,19+,20-,21+,23-,25+,26-/m1/s1. The van der Waals surface area contributed by atoms with Gasteiger partial charge < -0.3 is 10.2 Å². The van der Waals surface area contributed by atoms with E-state index >= 15 is 0 Å². The lowest BCUT2D eigenvalue weighted by molar-refractivity contribution is -0.145. The number of carbonyl (C=O) groups is 1. The van der Waals surface area contributed by atoms with E-state index in [1.165, 1.54) is 18.4 Å². The second-order valence-corrected chi connectivity index (χ2v) is 12.2. The van der Waals surface area contributed by atoms with E-state index in [1.807, 2.05) is 13.8 Å². The van der Waals surface area contributed by atoms with E-state index in [-0.39, 0.29) is 22.9 Å². The Morgan fingerprint density at radius 3 is 2.66 bits per heavy atom. The average molecular weight is 403 g/mol. The summed E-state index contributed by atoms with van der Waals surface area (Å²) in [6, 6.07) is 0. The first kappa shape index (κ1) is 21.6. The number of aliphatic hydroxyl groups is 2. The van der Waals surface area contributed by atoms with Crippen LogP contribution in [-0.4, -0.2) is 27.7 Å². The topological polar surface area (TPSA) is 57.5 Å². The van der Waals surface area contributed by atoms with Gasteiger partial charge in [-0.05, 0) is 99.7 Å². The van der Waals surface area contributed by atoms with Crippen molar-refractivity contribution in [3.63, 3.8) is 0 Å². The van der Waals surface area contributed by atoms with Gasteiger partial charge in [-0.25, -0.2) is 0 Å². The van der Waals surface area contributed by atoms with Gasteiger partial charge in [0.05, 0.1) is 11.7 Å². The number of Topliss-reactive ketones (excluding diaryl/α,β-unsaturated/α-hetero) is 1. The summed E-state index contributed by atoms with van der Waals surface area (Å²) in [6.07, 6.45) is 10.9. The van der Waals surface area contributed by atoms with Gasteiger partial charge in [-0.1, -0.05) is 32.4 Å². The first-order chi connectivity index (χ1) is 13.5. The minimum Gasteiger partial charge on any atom is -0.393 e. The maximum Gasteiger partial charge on any atom is 0.137 e. The van der Waals surface area contributed by atoms with E-state index < -0.39 is 5.60 Å². The smallest absolute Gasteiger partial charge is 0.137 e. The normalized spacial score (nSPS) is 45.8. The molecule has 3 heteroatoms. The van der Waals surface area contributed by atoms with E-state index in [9.17, 15) is 15.0 Å². The fourth-order valence-electron chi connectivity index (χ4n) is 8.23. The highest BCUT2D eigenvalue weighted by Gasteiger charge is 2.62. The number of hydrogen-bond donors (Lipinski definition) is 2. The third-order valence-electron chi connectivity index (χ3n) is 9.74. The molecule has 0 spiro atoms. The predicted molar refractivity (Wildman–Crippen MR) is 116 cm³/mol. The van der Waals surface area contributed by atoms with E-state index in [0.717, 1.165) is 44.9 Å². The highest BCUT2D eigenvalue weighted by atomic mass is 16.3. The third-order valence-corrected chi connectivity index (χ3v) is 9.74. The molecule has 29 heavy (non-hydrogen) atoms. The molecule has 0 aromatic carbocycles. The first-order valence-electron chi connectivity index (χ1n) is 12.1. The Balaban J connectivity index is 1.58. The molecular weight excluding hydrogens is 360 g/mol. The lowest BCUT2D eigenvalue weighted by atomic mass is 9.46. The van der Waals surface area contributed by atoms with Crippen LogP contribution in [0.3, 0.4) is 0 Å². The van der Waals surface area contributed by atoms with Crippen LogP contribution in [0.2, 0.25) is 0 Å². The maximum atomic E-state index is 13.7. The van der Waals surface area contributed by atoms with E-state index in [4.69, 9.17) is 0 Å². The minimum atomic E-state index is -0.606. The molecule has 164 valence electrons. The average Bonchev–Trinajstić information content (AvgIpc) is 2.96. The van der Waals surface area contributed by atoms with Gasteiger partial charge in [-0.3, -0.25) is 4.79 Å². The summed E-state index contributed by atoms with van der Waals surface area (Å²) in [4.78, 5) is 13.7. The molecule has 3 saturated carbocycles. The summed E-state index contributed by atoms with van der Waals surface area (Å²) in [6.45, 7) is 10.9. The Morgan fingerprint density at radius 2 is 1.97 bits per heavy atom. The number of ketones is 1. The highest BCUT2D eigenvalue weighted by Crippen LogP contribution is 2.66. The number of aliphatic hydroxyl groups excluding tert-OH is 1. The molecule has 0 unspecified atom stereocenters. The van der Waals surface area contributed by atoms with E-state index in [0.29, 0.717) is 29.5 Å². The van der Waals surface area contributed by atoms with Crippen molar-refractivity contribution in [2.45, 2.75) is 104 Å². The maximum absolute atomic E-state index is 13.7. The molecular formula is C26H42O3. The largest absolute Gasteiger partial charge is 0.393 e.